The van der Waals surface area contributed by atoms with Crippen LogP contribution in [0.1, 0.15) is 47.9 Å². The molecule has 0 aliphatic heterocycles. The molecular weight excluding hydrogens is 326 g/mol. The molecule has 24 heavy (non-hydrogen) atoms. The molecule has 0 saturated heterocycles. The van der Waals surface area contributed by atoms with Crippen LogP contribution in [0, 0.1) is 0 Å². The van der Waals surface area contributed by atoms with Crippen LogP contribution in [0.4, 0.5) is 0 Å². The number of halogens is 1. The smallest absolute Gasteiger partial charge is 0.272 e. The van der Waals surface area contributed by atoms with Gasteiger partial charge in [0.05, 0.1) is 11.8 Å². The van der Waals surface area contributed by atoms with Gasteiger partial charge in [-0.25, -0.2) is 4.68 Å². The number of carbonyl (C=O) groups excluding carboxylic acids is 1. The lowest BCUT2D eigenvalue weighted by Gasteiger charge is -2.07. The number of hydrogen-bond donors (Lipinski definition) is 2. The van der Waals surface area contributed by atoms with Gasteiger partial charge in [0.1, 0.15) is 0 Å². The Morgan fingerprint density at radius 3 is 2.71 bits per heavy atom. The van der Waals surface area contributed by atoms with E-state index in [2.05, 4.69) is 10.4 Å². The van der Waals surface area contributed by atoms with Crippen LogP contribution in [0.2, 0.25) is 5.02 Å². The molecule has 1 aliphatic rings. The molecule has 0 fully saturated rings. The molecule has 6 heteroatoms. The third kappa shape index (κ3) is 3.62. The number of nitrogens with zero attached hydrogens (tertiary/aromatic N) is 2. The fraction of sp³-hybridized carbons (Fsp3) is 0.444. The molecule has 1 unspecified atom stereocenters. The van der Waals surface area contributed by atoms with Crippen LogP contribution in [0.3, 0.4) is 0 Å². The molecule has 5 nitrogen and oxygen atoms in total. The van der Waals surface area contributed by atoms with Crippen molar-refractivity contribution < 1.29 is 9.90 Å². The molecule has 1 aliphatic carbocycles. The molecule has 128 valence electrons. The Labute approximate surface area is 146 Å². The number of fused-ring (bicyclic) bond motifs is 1. The minimum absolute atomic E-state index is 0.221. The van der Waals surface area contributed by atoms with Gasteiger partial charge in [0.25, 0.3) is 5.91 Å². The molecule has 1 atom stereocenters. The number of hydrogen-bond acceptors (Lipinski definition) is 3. The molecular formula is C18H22ClN3O2. The first kappa shape index (κ1) is 17.0. The number of carbonyl (C=O) groups is 1. The van der Waals surface area contributed by atoms with Crippen molar-refractivity contribution in [3.63, 3.8) is 0 Å². The van der Waals surface area contributed by atoms with Gasteiger partial charge in [-0.2, -0.15) is 5.10 Å². The van der Waals surface area contributed by atoms with E-state index in [-0.39, 0.29) is 12.5 Å². The highest BCUT2D eigenvalue weighted by atomic mass is 35.5. The standard InChI is InChI=1S/C18H22ClN3O2/c1-12(23)11-20-18(24)17-15-5-3-2-4-6-16(15)22(21-17)14-9-7-13(19)8-10-14/h7-10,12,23H,2-6,11H2,1H3,(H,20,24). The fourth-order valence-electron chi connectivity index (χ4n) is 3.08. The lowest BCUT2D eigenvalue weighted by Crippen LogP contribution is -2.31. The Hall–Kier alpha value is -1.85. The van der Waals surface area contributed by atoms with E-state index in [1.807, 2.05) is 28.9 Å². The maximum Gasteiger partial charge on any atom is 0.272 e. The zero-order chi connectivity index (χ0) is 17.1. The second-order valence-electron chi connectivity index (χ2n) is 6.28. The minimum Gasteiger partial charge on any atom is -0.392 e. The molecule has 3 rings (SSSR count). The summed E-state index contributed by atoms with van der Waals surface area (Å²) in [6.07, 6.45) is 4.52. The Morgan fingerprint density at radius 2 is 2.00 bits per heavy atom. The van der Waals surface area contributed by atoms with E-state index in [0.29, 0.717) is 10.7 Å². The molecule has 0 spiro atoms. The number of benzene rings is 1. The predicted octanol–water partition coefficient (Wildman–Crippen LogP) is 2.91. The topological polar surface area (TPSA) is 67.2 Å². The lowest BCUT2D eigenvalue weighted by molar-refractivity contribution is 0.0917. The first-order chi connectivity index (χ1) is 11.6. The minimum atomic E-state index is -0.578. The van der Waals surface area contributed by atoms with Gasteiger partial charge in [-0.05, 0) is 56.9 Å². The van der Waals surface area contributed by atoms with Crippen molar-refractivity contribution >= 4 is 17.5 Å². The number of amides is 1. The molecule has 0 radical (unpaired) electrons. The van der Waals surface area contributed by atoms with Crippen LogP contribution in [0.25, 0.3) is 5.69 Å². The summed E-state index contributed by atoms with van der Waals surface area (Å²) in [5, 5.41) is 17.4. The highest BCUT2D eigenvalue weighted by Crippen LogP contribution is 2.27. The van der Waals surface area contributed by atoms with E-state index in [9.17, 15) is 9.90 Å². The van der Waals surface area contributed by atoms with Crippen molar-refractivity contribution in [1.82, 2.24) is 15.1 Å². The van der Waals surface area contributed by atoms with Crippen molar-refractivity contribution in [2.24, 2.45) is 0 Å². The zero-order valence-electron chi connectivity index (χ0n) is 13.8. The second kappa shape index (κ2) is 7.36. The summed E-state index contributed by atoms with van der Waals surface area (Å²) in [6.45, 7) is 1.87. The van der Waals surface area contributed by atoms with Gasteiger partial charge in [0.2, 0.25) is 0 Å². The number of aromatic nitrogens is 2. The van der Waals surface area contributed by atoms with E-state index >= 15 is 0 Å². The van der Waals surface area contributed by atoms with E-state index in [1.165, 1.54) is 0 Å². The van der Waals surface area contributed by atoms with E-state index in [0.717, 1.165) is 49.0 Å². The predicted molar refractivity (Wildman–Crippen MR) is 93.8 cm³/mol. The maximum absolute atomic E-state index is 12.5. The molecule has 1 amide bonds. The van der Waals surface area contributed by atoms with Gasteiger partial charge in [0, 0.05) is 22.8 Å². The third-order valence-corrected chi connectivity index (χ3v) is 4.53. The normalized spacial score (nSPS) is 15.5. The Morgan fingerprint density at radius 1 is 1.29 bits per heavy atom. The Kier molecular flexibility index (Phi) is 5.21. The molecule has 2 aromatic rings. The summed E-state index contributed by atoms with van der Waals surface area (Å²) in [7, 11) is 0. The van der Waals surface area contributed by atoms with Crippen LogP contribution in [0.5, 0.6) is 0 Å². The molecule has 1 aromatic carbocycles. The van der Waals surface area contributed by atoms with Crippen LogP contribution in [-0.2, 0) is 12.8 Å². The van der Waals surface area contributed by atoms with Gasteiger partial charge in [-0.3, -0.25) is 4.79 Å². The van der Waals surface area contributed by atoms with E-state index < -0.39 is 6.10 Å². The highest BCUT2D eigenvalue weighted by Gasteiger charge is 2.24. The average Bonchev–Trinajstić information content (AvgIpc) is 2.75. The first-order valence-electron chi connectivity index (χ1n) is 8.39. The quantitative estimate of drug-likeness (QED) is 0.836. The summed E-state index contributed by atoms with van der Waals surface area (Å²) in [5.74, 6) is -0.221. The van der Waals surface area contributed by atoms with Gasteiger partial charge in [0.15, 0.2) is 5.69 Å². The maximum atomic E-state index is 12.5. The van der Waals surface area contributed by atoms with Crippen LogP contribution < -0.4 is 5.32 Å². The van der Waals surface area contributed by atoms with E-state index in [4.69, 9.17) is 11.6 Å². The van der Waals surface area contributed by atoms with Crippen LogP contribution in [-0.4, -0.2) is 33.4 Å². The lowest BCUT2D eigenvalue weighted by atomic mass is 10.1. The summed E-state index contributed by atoms with van der Waals surface area (Å²) in [5.41, 5.74) is 3.53. The summed E-state index contributed by atoms with van der Waals surface area (Å²) >= 11 is 5.98. The van der Waals surface area contributed by atoms with Crippen molar-refractivity contribution in [2.45, 2.75) is 45.1 Å². The van der Waals surface area contributed by atoms with Crippen LogP contribution in [0.15, 0.2) is 24.3 Å². The van der Waals surface area contributed by atoms with Crippen molar-refractivity contribution in [3.05, 3.63) is 46.2 Å². The summed E-state index contributed by atoms with van der Waals surface area (Å²) in [4.78, 5) is 12.5. The fourth-order valence-corrected chi connectivity index (χ4v) is 3.20. The SMILES string of the molecule is CC(O)CNC(=O)c1nn(-c2ccc(Cl)cc2)c2c1CCCCC2. The largest absolute Gasteiger partial charge is 0.392 e. The first-order valence-corrected chi connectivity index (χ1v) is 8.77. The van der Waals surface area contributed by atoms with Gasteiger partial charge >= 0.3 is 0 Å². The molecule has 1 heterocycles. The monoisotopic (exact) mass is 347 g/mol. The number of rotatable bonds is 4. The van der Waals surface area contributed by atoms with Gasteiger partial charge in [-0.1, -0.05) is 18.0 Å². The second-order valence-corrected chi connectivity index (χ2v) is 6.72. The van der Waals surface area contributed by atoms with Gasteiger partial charge in [-0.15, -0.1) is 0 Å². The van der Waals surface area contributed by atoms with Crippen LogP contribution >= 0.6 is 11.6 Å². The van der Waals surface area contributed by atoms with Gasteiger partial charge < -0.3 is 10.4 Å². The van der Waals surface area contributed by atoms with E-state index in [1.54, 1.807) is 6.92 Å². The molecule has 2 N–H and O–H groups in total. The molecule has 0 saturated carbocycles. The molecule has 0 bridgehead atoms. The highest BCUT2D eigenvalue weighted by molar-refractivity contribution is 6.30. The number of nitrogens with one attached hydrogen (secondary N) is 1. The average molecular weight is 348 g/mol. The number of aliphatic hydroxyl groups excluding tert-OH is 1. The molecule has 1 aromatic heterocycles. The van der Waals surface area contributed by atoms with Crippen molar-refractivity contribution in [2.75, 3.05) is 6.54 Å². The van der Waals surface area contributed by atoms with Crippen molar-refractivity contribution in [3.8, 4) is 5.69 Å². The Balaban J connectivity index is 2.00. The third-order valence-electron chi connectivity index (χ3n) is 4.27. The number of aliphatic hydroxyl groups is 1. The summed E-state index contributed by atoms with van der Waals surface area (Å²) in [6, 6.07) is 7.49. The zero-order valence-corrected chi connectivity index (χ0v) is 14.5. The Bertz CT molecular complexity index is 723. The van der Waals surface area contributed by atoms with Crippen molar-refractivity contribution in [1.29, 1.82) is 0 Å². The summed E-state index contributed by atoms with van der Waals surface area (Å²) < 4.78 is 1.87.